The van der Waals surface area contributed by atoms with Gasteiger partial charge in [0.15, 0.2) is 6.61 Å². The SMILES string of the molecule is CC(=O)NNC(=O)COC(=O)c1sc2ccccc2c1Cl. The molecular weight excluding hydrogens is 316 g/mol. The van der Waals surface area contributed by atoms with E-state index in [9.17, 15) is 14.4 Å². The minimum atomic E-state index is -0.681. The molecule has 2 aromatic rings. The first-order valence-electron chi connectivity index (χ1n) is 5.88. The van der Waals surface area contributed by atoms with Crippen LogP contribution in [0.25, 0.3) is 10.1 Å². The van der Waals surface area contributed by atoms with E-state index < -0.39 is 24.4 Å². The van der Waals surface area contributed by atoms with Gasteiger partial charge in [-0.1, -0.05) is 29.8 Å². The van der Waals surface area contributed by atoms with Crippen molar-refractivity contribution >= 4 is 50.8 Å². The third kappa shape index (κ3) is 3.71. The number of rotatable bonds is 3. The Hall–Kier alpha value is -2.12. The van der Waals surface area contributed by atoms with E-state index in [4.69, 9.17) is 16.3 Å². The van der Waals surface area contributed by atoms with Gasteiger partial charge < -0.3 is 4.74 Å². The van der Waals surface area contributed by atoms with E-state index in [1.54, 1.807) is 6.07 Å². The van der Waals surface area contributed by atoms with E-state index in [1.165, 1.54) is 18.3 Å². The van der Waals surface area contributed by atoms with E-state index in [0.717, 1.165) is 10.1 Å². The fourth-order valence-electron chi connectivity index (χ4n) is 1.54. The van der Waals surface area contributed by atoms with Crippen molar-refractivity contribution in [3.05, 3.63) is 34.2 Å². The Labute approximate surface area is 129 Å². The van der Waals surface area contributed by atoms with E-state index in [0.29, 0.717) is 5.02 Å². The summed E-state index contributed by atoms with van der Waals surface area (Å²) in [6.07, 6.45) is 0. The maximum absolute atomic E-state index is 11.9. The van der Waals surface area contributed by atoms with Gasteiger partial charge in [0.25, 0.3) is 5.91 Å². The van der Waals surface area contributed by atoms with E-state index in [2.05, 4.69) is 10.9 Å². The lowest BCUT2D eigenvalue weighted by atomic mass is 10.2. The lowest BCUT2D eigenvalue weighted by molar-refractivity contribution is -0.129. The standard InChI is InChI=1S/C13H11ClN2O4S/c1-7(17)15-16-10(18)6-20-13(19)12-11(14)8-4-2-3-5-9(8)21-12/h2-5H,6H2,1H3,(H,15,17)(H,16,18). The molecule has 2 N–H and O–H groups in total. The lowest BCUT2D eigenvalue weighted by Crippen LogP contribution is -2.42. The van der Waals surface area contributed by atoms with Gasteiger partial charge in [0, 0.05) is 17.0 Å². The lowest BCUT2D eigenvalue weighted by Gasteiger charge is -2.05. The third-order valence-electron chi connectivity index (χ3n) is 2.43. The molecule has 8 heteroatoms. The molecule has 6 nitrogen and oxygen atoms in total. The number of fused-ring (bicyclic) bond motifs is 1. The molecule has 2 rings (SSSR count). The monoisotopic (exact) mass is 326 g/mol. The first kappa shape index (κ1) is 15.3. The van der Waals surface area contributed by atoms with E-state index in [-0.39, 0.29) is 4.88 Å². The molecule has 0 spiro atoms. The van der Waals surface area contributed by atoms with Crippen LogP contribution < -0.4 is 10.9 Å². The number of amides is 2. The summed E-state index contributed by atoms with van der Waals surface area (Å²) in [5.74, 6) is -1.75. The minimum Gasteiger partial charge on any atom is -0.451 e. The molecule has 2 amide bonds. The molecule has 110 valence electrons. The number of carbonyl (C=O) groups excluding carboxylic acids is 3. The van der Waals surface area contributed by atoms with Crippen molar-refractivity contribution < 1.29 is 19.1 Å². The van der Waals surface area contributed by atoms with Crippen LogP contribution in [0.4, 0.5) is 0 Å². The normalized spacial score (nSPS) is 10.2. The summed E-state index contributed by atoms with van der Waals surface area (Å²) in [4.78, 5) is 34.1. The van der Waals surface area contributed by atoms with Crippen LogP contribution in [0.5, 0.6) is 0 Å². The van der Waals surface area contributed by atoms with Crippen molar-refractivity contribution in [3.8, 4) is 0 Å². The van der Waals surface area contributed by atoms with Gasteiger partial charge in [-0.2, -0.15) is 0 Å². The summed E-state index contributed by atoms with van der Waals surface area (Å²) in [6, 6.07) is 7.29. The Balaban J connectivity index is 2.01. The molecule has 0 radical (unpaired) electrons. The number of halogens is 1. The Morgan fingerprint density at radius 1 is 1.24 bits per heavy atom. The minimum absolute atomic E-state index is 0.241. The second kappa shape index (κ2) is 6.55. The molecule has 0 fully saturated rings. The van der Waals surface area contributed by atoms with E-state index >= 15 is 0 Å². The Bertz CT molecular complexity index is 713. The van der Waals surface area contributed by atoms with Gasteiger partial charge in [0.2, 0.25) is 5.91 Å². The molecule has 0 aliphatic rings. The summed E-state index contributed by atoms with van der Waals surface area (Å²) in [5, 5.41) is 1.07. The fraction of sp³-hybridized carbons (Fsp3) is 0.154. The van der Waals surface area contributed by atoms with E-state index in [1.807, 2.05) is 18.2 Å². The second-order valence-electron chi connectivity index (χ2n) is 4.05. The number of esters is 1. The fourth-order valence-corrected chi connectivity index (χ4v) is 2.94. The maximum atomic E-state index is 11.9. The largest absolute Gasteiger partial charge is 0.451 e. The van der Waals surface area contributed by atoms with Crippen molar-refractivity contribution in [1.82, 2.24) is 10.9 Å². The summed E-state index contributed by atoms with van der Waals surface area (Å²) >= 11 is 7.32. The van der Waals surface area contributed by atoms with Crippen LogP contribution in [0.15, 0.2) is 24.3 Å². The van der Waals surface area contributed by atoms with Gasteiger partial charge in [0.1, 0.15) is 4.88 Å². The molecule has 0 saturated heterocycles. The zero-order valence-corrected chi connectivity index (χ0v) is 12.5. The highest BCUT2D eigenvalue weighted by molar-refractivity contribution is 7.21. The molecule has 0 aliphatic carbocycles. The average Bonchev–Trinajstić information content (AvgIpc) is 2.80. The number of benzene rings is 1. The molecule has 21 heavy (non-hydrogen) atoms. The van der Waals surface area contributed by atoms with Crippen LogP contribution in [-0.4, -0.2) is 24.4 Å². The molecule has 0 unspecified atom stereocenters. The quantitative estimate of drug-likeness (QED) is 0.666. The number of hydrogen-bond donors (Lipinski definition) is 2. The number of nitrogens with one attached hydrogen (secondary N) is 2. The van der Waals surface area contributed by atoms with Gasteiger partial charge in [-0.15, -0.1) is 11.3 Å². The average molecular weight is 327 g/mol. The van der Waals surface area contributed by atoms with Crippen LogP contribution >= 0.6 is 22.9 Å². The first-order chi connectivity index (χ1) is 9.99. The summed E-state index contributed by atoms with van der Waals surface area (Å²) in [6.45, 7) is 0.729. The van der Waals surface area contributed by atoms with Crippen molar-refractivity contribution in [2.75, 3.05) is 6.61 Å². The number of carbonyl (C=O) groups is 3. The zero-order valence-electron chi connectivity index (χ0n) is 10.9. The molecule has 0 atom stereocenters. The van der Waals surface area contributed by atoms with Crippen molar-refractivity contribution in [2.24, 2.45) is 0 Å². The molecule has 0 aliphatic heterocycles. The first-order valence-corrected chi connectivity index (χ1v) is 7.08. The summed E-state index contributed by atoms with van der Waals surface area (Å²) < 4.78 is 5.71. The topological polar surface area (TPSA) is 84.5 Å². The smallest absolute Gasteiger partial charge is 0.350 e. The number of hydrazine groups is 1. The predicted molar refractivity (Wildman–Crippen MR) is 79.1 cm³/mol. The number of thiophene rings is 1. The molecule has 1 aromatic heterocycles. The van der Waals surface area contributed by atoms with Crippen LogP contribution in [0.2, 0.25) is 5.02 Å². The Morgan fingerprint density at radius 2 is 1.95 bits per heavy atom. The molecule has 1 aromatic carbocycles. The number of ether oxygens (including phenoxy) is 1. The Kier molecular flexibility index (Phi) is 4.77. The molecule has 0 bridgehead atoms. The van der Waals surface area contributed by atoms with Gasteiger partial charge in [-0.25, -0.2) is 4.79 Å². The number of hydrogen-bond acceptors (Lipinski definition) is 5. The van der Waals surface area contributed by atoms with Crippen LogP contribution in [0.1, 0.15) is 16.6 Å². The van der Waals surface area contributed by atoms with Crippen molar-refractivity contribution in [1.29, 1.82) is 0 Å². The molecular formula is C13H11ClN2O4S. The Morgan fingerprint density at radius 3 is 2.62 bits per heavy atom. The maximum Gasteiger partial charge on any atom is 0.350 e. The molecule has 0 saturated carbocycles. The van der Waals surface area contributed by atoms with Crippen LogP contribution in [0.3, 0.4) is 0 Å². The van der Waals surface area contributed by atoms with Gasteiger partial charge in [-0.05, 0) is 6.07 Å². The summed E-state index contributed by atoms with van der Waals surface area (Å²) in [5.41, 5.74) is 4.17. The third-order valence-corrected chi connectivity index (χ3v) is 4.09. The zero-order chi connectivity index (χ0) is 15.4. The summed E-state index contributed by atoms with van der Waals surface area (Å²) in [7, 11) is 0. The highest BCUT2D eigenvalue weighted by Gasteiger charge is 2.19. The van der Waals surface area contributed by atoms with Gasteiger partial charge in [0.05, 0.1) is 5.02 Å². The van der Waals surface area contributed by atoms with Crippen LogP contribution in [0, 0.1) is 0 Å². The highest BCUT2D eigenvalue weighted by Crippen LogP contribution is 2.35. The van der Waals surface area contributed by atoms with Crippen LogP contribution in [-0.2, 0) is 14.3 Å². The van der Waals surface area contributed by atoms with Gasteiger partial charge >= 0.3 is 5.97 Å². The van der Waals surface area contributed by atoms with Crippen molar-refractivity contribution in [2.45, 2.75) is 6.92 Å². The van der Waals surface area contributed by atoms with Gasteiger partial charge in [-0.3, -0.25) is 20.4 Å². The predicted octanol–water partition coefficient (Wildman–Crippen LogP) is 1.88. The highest BCUT2D eigenvalue weighted by atomic mass is 35.5. The van der Waals surface area contributed by atoms with Crippen molar-refractivity contribution in [3.63, 3.8) is 0 Å². The second-order valence-corrected chi connectivity index (χ2v) is 5.48. The molecule has 1 heterocycles.